The Bertz CT molecular complexity index is 1120. The van der Waals surface area contributed by atoms with Crippen LogP contribution in [0.3, 0.4) is 0 Å². The first-order valence-corrected chi connectivity index (χ1v) is 9.69. The van der Waals surface area contributed by atoms with Gasteiger partial charge in [0.25, 0.3) is 5.91 Å². The summed E-state index contributed by atoms with van der Waals surface area (Å²) < 4.78 is 61.0. The largest absolute Gasteiger partial charge is 0.436 e. The molecule has 2 atom stereocenters. The molecule has 5 rings (SSSR count). The SMILES string of the molecule is O=C(c1ccnc(C(F)(F)F)c1F)N1[C@H]2COC[C@@H]1c1nnc(-c3nccs3)n1C2. The van der Waals surface area contributed by atoms with Gasteiger partial charge in [-0.2, -0.15) is 13.2 Å². The molecular formula is C17H12F4N6O2S. The van der Waals surface area contributed by atoms with Crippen LogP contribution in [0.1, 0.15) is 27.9 Å². The van der Waals surface area contributed by atoms with Crippen molar-refractivity contribution in [2.24, 2.45) is 0 Å². The monoisotopic (exact) mass is 440 g/mol. The molecule has 30 heavy (non-hydrogen) atoms. The minimum Gasteiger partial charge on any atom is -0.377 e. The van der Waals surface area contributed by atoms with E-state index in [1.165, 1.54) is 16.2 Å². The zero-order valence-corrected chi connectivity index (χ0v) is 15.8. The maximum absolute atomic E-state index is 14.5. The molecule has 0 unspecified atom stereocenters. The molecule has 1 amide bonds. The summed E-state index contributed by atoms with van der Waals surface area (Å²) in [6.07, 6.45) is -2.60. The first-order chi connectivity index (χ1) is 14.4. The van der Waals surface area contributed by atoms with Gasteiger partial charge in [0.2, 0.25) is 0 Å². The predicted molar refractivity (Wildman–Crippen MR) is 93.8 cm³/mol. The molecule has 3 aromatic rings. The van der Waals surface area contributed by atoms with E-state index < -0.39 is 41.2 Å². The van der Waals surface area contributed by atoms with Crippen molar-refractivity contribution in [3.8, 4) is 10.8 Å². The second kappa shape index (κ2) is 6.80. The van der Waals surface area contributed by atoms with Crippen LogP contribution in [0.2, 0.25) is 0 Å². The van der Waals surface area contributed by atoms with Gasteiger partial charge in [-0.15, -0.1) is 21.5 Å². The van der Waals surface area contributed by atoms with E-state index in [0.29, 0.717) is 16.7 Å². The van der Waals surface area contributed by atoms with E-state index in [0.717, 1.165) is 12.3 Å². The van der Waals surface area contributed by atoms with Crippen LogP contribution < -0.4 is 0 Å². The van der Waals surface area contributed by atoms with Crippen LogP contribution in [-0.2, 0) is 17.5 Å². The van der Waals surface area contributed by atoms with Gasteiger partial charge in [0, 0.05) is 24.3 Å². The summed E-state index contributed by atoms with van der Waals surface area (Å²) in [4.78, 5) is 21.7. The Morgan fingerprint density at radius 2 is 2.03 bits per heavy atom. The third-order valence-electron chi connectivity index (χ3n) is 5.03. The number of rotatable bonds is 2. The van der Waals surface area contributed by atoms with E-state index in [9.17, 15) is 22.4 Å². The average Bonchev–Trinajstić information content (AvgIpc) is 3.35. The van der Waals surface area contributed by atoms with Crippen LogP contribution in [0.4, 0.5) is 17.6 Å². The maximum atomic E-state index is 14.5. The van der Waals surface area contributed by atoms with Gasteiger partial charge >= 0.3 is 6.18 Å². The molecule has 3 aromatic heterocycles. The molecule has 2 bridgehead atoms. The number of aromatic nitrogens is 5. The Hall–Kier alpha value is -2.93. The molecule has 1 fully saturated rings. The number of carbonyl (C=O) groups is 1. The Morgan fingerprint density at radius 1 is 1.20 bits per heavy atom. The van der Waals surface area contributed by atoms with E-state index in [4.69, 9.17) is 4.74 Å². The van der Waals surface area contributed by atoms with Crippen LogP contribution in [-0.4, -0.2) is 54.8 Å². The van der Waals surface area contributed by atoms with Gasteiger partial charge in [-0.05, 0) is 6.07 Å². The molecule has 8 nitrogen and oxygen atoms in total. The molecule has 5 heterocycles. The van der Waals surface area contributed by atoms with Crippen LogP contribution in [0, 0.1) is 5.82 Å². The molecule has 0 aromatic carbocycles. The number of hydrogen-bond acceptors (Lipinski definition) is 7. The molecule has 2 aliphatic rings. The molecule has 0 saturated carbocycles. The quantitative estimate of drug-likeness (QED) is 0.570. The first kappa shape index (κ1) is 19.1. The summed E-state index contributed by atoms with van der Waals surface area (Å²) in [6.45, 7) is 0.464. The van der Waals surface area contributed by atoms with Gasteiger partial charge in [-0.3, -0.25) is 4.79 Å². The van der Waals surface area contributed by atoms with Gasteiger partial charge in [0.05, 0.1) is 24.8 Å². The maximum Gasteiger partial charge on any atom is 0.436 e. The highest BCUT2D eigenvalue weighted by Gasteiger charge is 2.45. The number of carbonyl (C=O) groups excluding carboxylic acids is 1. The smallest absolute Gasteiger partial charge is 0.377 e. The third-order valence-corrected chi connectivity index (χ3v) is 5.80. The number of ether oxygens (including phenoxy) is 1. The Balaban J connectivity index is 1.55. The number of morpholine rings is 1. The van der Waals surface area contributed by atoms with Gasteiger partial charge in [0.1, 0.15) is 6.04 Å². The topological polar surface area (TPSA) is 86.0 Å². The molecule has 0 radical (unpaired) electrons. The van der Waals surface area contributed by atoms with Crippen molar-refractivity contribution in [3.63, 3.8) is 0 Å². The van der Waals surface area contributed by atoms with E-state index in [1.54, 1.807) is 11.6 Å². The highest BCUT2D eigenvalue weighted by atomic mass is 32.1. The van der Waals surface area contributed by atoms with Gasteiger partial charge in [-0.25, -0.2) is 14.4 Å². The number of thiazole rings is 1. The van der Waals surface area contributed by atoms with Gasteiger partial charge < -0.3 is 14.2 Å². The lowest BCUT2D eigenvalue weighted by Crippen LogP contribution is -2.56. The zero-order chi connectivity index (χ0) is 21.0. The lowest BCUT2D eigenvalue weighted by molar-refractivity contribution is -0.143. The van der Waals surface area contributed by atoms with Crippen LogP contribution in [0.5, 0.6) is 0 Å². The van der Waals surface area contributed by atoms with Crippen molar-refractivity contribution < 1.29 is 27.1 Å². The second-order valence-corrected chi connectivity index (χ2v) is 7.66. The number of nitrogens with zero attached hydrogens (tertiary/aromatic N) is 6. The minimum atomic E-state index is -5.01. The summed E-state index contributed by atoms with van der Waals surface area (Å²) in [5.74, 6) is -1.61. The zero-order valence-electron chi connectivity index (χ0n) is 15.0. The number of hydrogen-bond donors (Lipinski definition) is 0. The molecular weight excluding hydrogens is 428 g/mol. The molecule has 1 saturated heterocycles. The predicted octanol–water partition coefficient (Wildman–Crippen LogP) is 2.55. The molecule has 156 valence electrons. The summed E-state index contributed by atoms with van der Waals surface area (Å²) >= 11 is 1.38. The standard InChI is InChI=1S/C17H12F4N6O2S/c18-11-9(1-2-22-12(11)17(19,20)21)16(28)27-8-5-26-13(10(27)7-29-6-8)24-25-14(26)15-23-3-4-30-15/h1-4,8,10H,5-7H2/t8-,10-/m1/s1. The Labute approximate surface area is 170 Å². The fraction of sp³-hybridized carbons (Fsp3) is 0.353. The van der Waals surface area contributed by atoms with Crippen LogP contribution in [0.25, 0.3) is 10.8 Å². The van der Waals surface area contributed by atoms with E-state index >= 15 is 0 Å². The van der Waals surface area contributed by atoms with Crippen molar-refractivity contribution >= 4 is 17.2 Å². The molecule has 0 spiro atoms. The lowest BCUT2D eigenvalue weighted by atomic mass is 10.0. The summed E-state index contributed by atoms with van der Waals surface area (Å²) in [6, 6.07) is -0.294. The van der Waals surface area contributed by atoms with Crippen molar-refractivity contribution in [1.29, 1.82) is 0 Å². The van der Waals surface area contributed by atoms with Crippen molar-refractivity contribution in [3.05, 3.63) is 46.7 Å². The summed E-state index contributed by atoms with van der Waals surface area (Å²) in [5.41, 5.74) is -2.41. The van der Waals surface area contributed by atoms with Crippen LogP contribution in [0.15, 0.2) is 23.8 Å². The lowest BCUT2D eigenvalue weighted by Gasteiger charge is -2.45. The van der Waals surface area contributed by atoms with E-state index in [1.807, 2.05) is 4.57 Å². The number of fused-ring (bicyclic) bond motifs is 4. The van der Waals surface area contributed by atoms with Gasteiger partial charge in [0.15, 0.2) is 28.2 Å². The molecule has 13 heteroatoms. The van der Waals surface area contributed by atoms with Crippen molar-refractivity contribution in [2.45, 2.75) is 24.8 Å². The average molecular weight is 440 g/mol. The van der Waals surface area contributed by atoms with Gasteiger partial charge in [-0.1, -0.05) is 0 Å². The number of amides is 1. The fourth-order valence-corrected chi connectivity index (χ4v) is 4.40. The molecule has 0 N–H and O–H groups in total. The summed E-state index contributed by atoms with van der Waals surface area (Å²) in [5, 5.41) is 10.8. The second-order valence-electron chi connectivity index (χ2n) is 6.77. The normalized spacial score (nSPS) is 20.9. The molecule has 2 aliphatic heterocycles. The summed E-state index contributed by atoms with van der Waals surface area (Å²) in [7, 11) is 0. The van der Waals surface area contributed by atoms with Crippen molar-refractivity contribution in [2.75, 3.05) is 13.2 Å². The number of halogens is 4. The highest BCUT2D eigenvalue weighted by molar-refractivity contribution is 7.13. The van der Waals surface area contributed by atoms with E-state index in [2.05, 4.69) is 20.2 Å². The first-order valence-electron chi connectivity index (χ1n) is 8.81. The Morgan fingerprint density at radius 3 is 2.77 bits per heavy atom. The van der Waals surface area contributed by atoms with Crippen LogP contribution >= 0.6 is 11.3 Å². The van der Waals surface area contributed by atoms with Crippen molar-refractivity contribution in [1.82, 2.24) is 29.6 Å². The fourth-order valence-electron chi connectivity index (χ4n) is 3.77. The number of pyridine rings is 1. The third kappa shape index (κ3) is 2.88. The van der Waals surface area contributed by atoms with E-state index in [-0.39, 0.29) is 19.8 Å². The molecule has 0 aliphatic carbocycles. The minimum absolute atomic E-state index is 0.0665. The highest BCUT2D eigenvalue weighted by Crippen LogP contribution is 2.37. The Kier molecular flexibility index (Phi) is 4.32. The number of alkyl halides is 3.